The topological polar surface area (TPSA) is 60.0 Å². The second-order valence-electron chi connectivity index (χ2n) is 8.10. The zero-order valence-electron chi connectivity index (χ0n) is 20.1. The van der Waals surface area contributed by atoms with Crippen LogP contribution in [0.5, 0.6) is 17.2 Å². The van der Waals surface area contributed by atoms with Crippen LogP contribution in [0.1, 0.15) is 36.5 Å². The van der Waals surface area contributed by atoms with Gasteiger partial charge in [0.05, 0.1) is 26.4 Å². The molecule has 0 amide bonds. The highest BCUT2D eigenvalue weighted by molar-refractivity contribution is 5.68. The lowest BCUT2D eigenvalue weighted by Gasteiger charge is -2.20. The minimum atomic E-state index is 0.0419. The number of ether oxygens (including phenoxy) is 3. The first-order valence-electron chi connectivity index (χ1n) is 11.5. The van der Waals surface area contributed by atoms with Gasteiger partial charge in [-0.1, -0.05) is 61.9 Å². The SMILES string of the molecule is CCC[C@@H](CO)NCc1c(OC)cc(OCc2cccc(-c3ccccc3)c2C)cc1OC. The van der Waals surface area contributed by atoms with Crippen LogP contribution in [-0.4, -0.2) is 32.0 Å². The molecule has 0 saturated carbocycles. The molecular formula is C28H35NO4. The second-order valence-corrected chi connectivity index (χ2v) is 8.10. The van der Waals surface area contributed by atoms with Gasteiger partial charge in [-0.2, -0.15) is 0 Å². The highest BCUT2D eigenvalue weighted by Gasteiger charge is 2.16. The molecule has 3 aromatic carbocycles. The molecule has 5 heteroatoms. The molecule has 0 aliphatic carbocycles. The number of aliphatic hydroxyl groups excluding tert-OH is 1. The fraction of sp³-hybridized carbons (Fsp3) is 0.357. The number of aliphatic hydroxyl groups is 1. The van der Waals surface area contributed by atoms with Gasteiger partial charge in [0, 0.05) is 24.7 Å². The zero-order chi connectivity index (χ0) is 23.6. The van der Waals surface area contributed by atoms with Crippen molar-refractivity contribution in [2.75, 3.05) is 20.8 Å². The van der Waals surface area contributed by atoms with Gasteiger partial charge in [-0.3, -0.25) is 0 Å². The Hall–Kier alpha value is -3.02. The molecule has 0 saturated heterocycles. The van der Waals surface area contributed by atoms with E-state index in [1.54, 1.807) is 14.2 Å². The van der Waals surface area contributed by atoms with E-state index in [1.807, 2.05) is 18.2 Å². The molecule has 3 aromatic rings. The van der Waals surface area contributed by atoms with Gasteiger partial charge in [-0.05, 0) is 35.6 Å². The minimum Gasteiger partial charge on any atom is -0.496 e. The Balaban J connectivity index is 1.78. The van der Waals surface area contributed by atoms with E-state index < -0.39 is 0 Å². The summed E-state index contributed by atoms with van der Waals surface area (Å²) < 4.78 is 17.5. The molecule has 3 rings (SSSR count). The molecule has 0 heterocycles. The third-order valence-corrected chi connectivity index (χ3v) is 5.93. The Morgan fingerprint density at radius 3 is 2.24 bits per heavy atom. The van der Waals surface area contributed by atoms with Gasteiger partial charge in [0.1, 0.15) is 23.9 Å². The van der Waals surface area contributed by atoms with E-state index in [2.05, 4.69) is 61.6 Å². The molecular weight excluding hydrogens is 414 g/mol. The van der Waals surface area contributed by atoms with Crippen molar-refractivity contribution in [3.8, 4) is 28.4 Å². The maximum Gasteiger partial charge on any atom is 0.130 e. The molecule has 0 fully saturated rings. The summed E-state index contributed by atoms with van der Waals surface area (Å²) in [6.45, 7) is 5.32. The zero-order valence-corrected chi connectivity index (χ0v) is 20.1. The fourth-order valence-electron chi connectivity index (χ4n) is 4.00. The van der Waals surface area contributed by atoms with Crippen LogP contribution >= 0.6 is 0 Å². The summed E-state index contributed by atoms with van der Waals surface area (Å²) in [5.41, 5.74) is 5.64. The predicted molar refractivity (Wildman–Crippen MR) is 133 cm³/mol. The summed E-state index contributed by atoms with van der Waals surface area (Å²) in [6.07, 6.45) is 1.91. The largest absolute Gasteiger partial charge is 0.496 e. The molecule has 176 valence electrons. The maximum absolute atomic E-state index is 9.58. The predicted octanol–water partition coefficient (Wildman–Crippen LogP) is 5.51. The third kappa shape index (κ3) is 6.28. The molecule has 0 aromatic heterocycles. The Morgan fingerprint density at radius 2 is 1.64 bits per heavy atom. The molecule has 1 atom stereocenters. The summed E-state index contributed by atoms with van der Waals surface area (Å²) in [6, 6.07) is 20.5. The minimum absolute atomic E-state index is 0.0419. The van der Waals surface area contributed by atoms with Crippen LogP contribution in [0.4, 0.5) is 0 Å². The summed E-state index contributed by atoms with van der Waals surface area (Å²) in [7, 11) is 3.29. The number of methoxy groups -OCH3 is 2. The van der Waals surface area contributed by atoms with Crippen molar-refractivity contribution in [3.05, 3.63) is 77.4 Å². The van der Waals surface area contributed by atoms with Crippen LogP contribution in [0.15, 0.2) is 60.7 Å². The van der Waals surface area contributed by atoms with E-state index in [9.17, 15) is 5.11 Å². The average molecular weight is 450 g/mol. The van der Waals surface area contributed by atoms with Gasteiger partial charge in [-0.25, -0.2) is 0 Å². The van der Waals surface area contributed by atoms with E-state index in [1.165, 1.54) is 16.7 Å². The molecule has 0 bridgehead atoms. The van der Waals surface area contributed by atoms with Gasteiger partial charge in [-0.15, -0.1) is 0 Å². The van der Waals surface area contributed by atoms with E-state index in [4.69, 9.17) is 14.2 Å². The van der Waals surface area contributed by atoms with Crippen molar-refractivity contribution in [1.82, 2.24) is 5.32 Å². The van der Waals surface area contributed by atoms with Crippen molar-refractivity contribution >= 4 is 0 Å². The lowest BCUT2D eigenvalue weighted by molar-refractivity contribution is 0.233. The first-order chi connectivity index (χ1) is 16.1. The van der Waals surface area contributed by atoms with Crippen LogP contribution in [0.25, 0.3) is 11.1 Å². The first kappa shape index (κ1) is 24.6. The fourth-order valence-corrected chi connectivity index (χ4v) is 4.00. The second kappa shape index (κ2) is 12.3. The monoisotopic (exact) mass is 449 g/mol. The lowest BCUT2D eigenvalue weighted by Crippen LogP contribution is -2.32. The van der Waals surface area contributed by atoms with Crippen LogP contribution in [0.2, 0.25) is 0 Å². The van der Waals surface area contributed by atoms with Crippen molar-refractivity contribution < 1.29 is 19.3 Å². The summed E-state index contributed by atoms with van der Waals surface area (Å²) in [5.74, 6) is 2.07. The van der Waals surface area contributed by atoms with Gasteiger partial charge in [0.15, 0.2) is 0 Å². The summed E-state index contributed by atoms with van der Waals surface area (Å²) in [5, 5.41) is 13.0. The Morgan fingerprint density at radius 1 is 0.939 bits per heavy atom. The Labute approximate surface area is 197 Å². The standard InChI is InChI=1S/C28H35NO4/c1-5-10-23(18-30)29-17-26-27(31-3)15-24(16-28(26)32-4)33-19-22-13-9-14-25(20(22)2)21-11-7-6-8-12-21/h6-9,11-16,23,29-30H,5,10,17-19H2,1-4H3/t23-/m0/s1. The number of hydrogen-bond acceptors (Lipinski definition) is 5. The van der Waals surface area contributed by atoms with E-state index >= 15 is 0 Å². The molecule has 0 spiro atoms. The smallest absolute Gasteiger partial charge is 0.130 e. The first-order valence-corrected chi connectivity index (χ1v) is 11.5. The van der Waals surface area contributed by atoms with Crippen molar-refractivity contribution in [2.24, 2.45) is 0 Å². The summed E-state index contributed by atoms with van der Waals surface area (Å²) >= 11 is 0. The Kier molecular flexibility index (Phi) is 9.16. The quantitative estimate of drug-likeness (QED) is 0.382. The highest BCUT2D eigenvalue weighted by Crippen LogP contribution is 2.35. The molecule has 0 unspecified atom stereocenters. The lowest BCUT2D eigenvalue weighted by atomic mass is 9.97. The normalized spacial score (nSPS) is 11.8. The van der Waals surface area contributed by atoms with Crippen molar-refractivity contribution in [1.29, 1.82) is 0 Å². The van der Waals surface area contributed by atoms with E-state index in [0.717, 1.165) is 24.0 Å². The van der Waals surface area contributed by atoms with Crippen molar-refractivity contribution in [3.63, 3.8) is 0 Å². The Bertz CT molecular complexity index is 995. The third-order valence-electron chi connectivity index (χ3n) is 5.93. The van der Waals surface area contributed by atoms with Gasteiger partial charge in [0.25, 0.3) is 0 Å². The maximum atomic E-state index is 9.58. The number of hydrogen-bond donors (Lipinski definition) is 2. The van der Waals surface area contributed by atoms with Gasteiger partial charge in [0.2, 0.25) is 0 Å². The number of nitrogens with one attached hydrogen (secondary N) is 1. The van der Waals surface area contributed by atoms with E-state index in [-0.39, 0.29) is 12.6 Å². The van der Waals surface area contributed by atoms with Gasteiger partial charge < -0.3 is 24.6 Å². The van der Waals surface area contributed by atoms with Gasteiger partial charge >= 0.3 is 0 Å². The molecule has 0 aliphatic rings. The average Bonchev–Trinajstić information content (AvgIpc) is 2.86. The molecule has 5 nitrogen and oxygen atoms in total. The molecule has 2 N–H and O–H groups in total. The van der Waals surface area contributed by atoms with Crippen LogP contribution < -0.4 is 19.5 Å². The van der Waals surface area contributed by atoms with Crippen LogP contribution in [0, 0.1) is 6.92 Å². The van der Waals surface area contributed by atoms with Crippen LogP contribution in [-0.2, 0) is 13.2 Å². The molecule has 0 radical (unpaired) electrons. The number of benzene rings is 3. The highest BCUT2D eigenvalue weighted by atomic mass is 16.5. The molecule has 0 aliphatic heterocycles. The number of rotatable bonds is 12. The molecule has 33 heavy (non-hydrogen) atoms. The van der Waals surface area contributed by atoms with Crippen LogP contribution in [0.3, 0.4) is 0 Å². The van der Waals surface area contributed by atoms with Crippen molar-refractivity contribution in [2.45, 2.75) is 45.9 Å². The summed E-state index contributed by atoms with van der Waals surface area (Å²) in [4.78, 5) is 0. The van der Waals surface area contributed by atoms with E-state index in [0.29, 0.717) is 30.4 Å².